The minimum atomic E-state index is 0.680. The van der Waals surface area contributed by atoms with E-state index in [0.29, 0.717) is 10.0 Å². The minimum Gasteiger partial charge on any atom is -0.384 e. The highest BCUT2D eigenvalue weighted by atomic mass is 35.5. The van der Waals surface area contributed by atoms with Crippen molar-refractivity contribution in [3.63, 3.8) is 0 Å². The summed E-state index contributed by atoms with van der Waals surface area (Å²) in [5.74, 6) is 0.748. The molecule has 0 saturated carbocycles. The standard InChI is InChI=1S/C13H18Cl2N2/c1-17-6-4-10(5-7-17)9-16-13-3-2-11(14)8-12(13)15/h2-3,8,10,16H,4-7,9H2,1H3. The summed E-state index contributed by atoms with van der Waals surface area (Å²) >= 11 is 12.0. The van der Waals surface area contributed by atoms with Gasteiger partial charge in [0.15, 0.2) is 0 Å². The molecule has 94 valence electrons. The van der Waals surface area contributed by atoms with Crippen molar-refractivity contribution in [1.82, 2.24) is 4.90 Å². The molecular weight excluding hydrogens is 255 g/mol. The van der Waals surface area contributed by atoms with Crippen molar-refractivity contribution in [2.45, 2.75) is 12.8 Å². The first kappa shape index (κ1) is 13.0. The summed E-state index contributed by atoms with van der Waals surface area (Å²) in [5, 5.41) is 4.80. The van der Waals surface area contributed by atoms with Gasteiger partial charge in [-0.15, -0.1) is 0 Å². The first-order valence-corrected chi connectivity index (χ1v) is 6.78. The third kappa shape index (κ3) is 3.77. The SMILES string of the molecule is CN1CCC(CNc2ccc(Cl)cc2Cl)CC1. The summed E-state index contributed by atoms with van der Waals surface area (Å²) in [5.41, 5.74) is 0.981. The summed E-state index contributed by atoms with van der Waals surface area (Å²) in [6, 6.07) is 5.59. The van der Waals surface area contributed by atoms with Gasteiger partial charge in [-0.05, 0) is 57.1 Å². The number of likely N-dealkylation sites (tertiary alicyclic amines) is 1. The van der Waals surface area contributed by atoms with Crippen LogP contribution >= 0.6 is 23.2 Å². The fraction of sp³-hybridized carbons (Fsp3) is 0.538. The Morgan fingerprint density at radius 1 is 1.29 bits per heavy atom. The molecule has 0 unspecified atom stereocenters. The second-order valence-corrected chi connectivity index (χ2v) is 5.60. The molecule has 1 aromatic rings. The number of anilines is 1. The summed E-state index contributed by atoms with van der Waals surface area (Å²) in [7, 11) is 2.18. The Bertz CT molecular complexity index is 374. The summed E-state index contributed by atoms with van der Waals surface area (Å²) < 4.78 is 0. The van der Waals surface area contributed by atoms with Crippen LogP contribution in [0.1, 0.15) is 12.8 Å². The largest absolute Gasteiger partial charge is 0.384 e. The third-order valence-electron chi connectivity index (χ3n) is 3.35. The summed E-state index contributed by atoms with van der Waals surface area (Å²) in [6.45, 7) is 3.39. The number of nitrogens with zero attached hydrogens (tertiary/aromatic N) is 1. The molecule has 2 nitrogen and oxygen atoms in total. The zero-order chi connectivity index (χ0) is 12.3. The molecule has 1 aromatic carbocycles. The molecule has 0 radical (unpaired) electrons. The average Bonchev–Trinajstić information content (AvgIpc) is 2.30. The van der Waals surface area contributed by atoms with Crippen molar-refractivity contribution in [3.05, 3.63) is 28.2 Å². The lowest BCUT2D eigenvalue weighted by molar-refractivity contribution is 0.226. The van der Waals surface area contributed by atoms with Gasteiger partial charge < -0.3 is 10.2 Å². The molecule has 0 aliphatic carbocycles. The normalized spacial score (nSPS) is 18.3. The van der Waals surface area contributed by atoms with Gasteiger partial charge in [0, 0.05) is 11.6 Å². The van der Waals surface area contributed by atoms with Crippen molar-refractivity contribution < 1.29 is 0 Å². The Balaban J connectivity index is 1.85. The van der Waals surface area contributed by atoms with Crippen LogP contribution in [-0.2, 0) is 0 Å². The zero-order valence-corrected chi connectivity index (χ0v) is 11.6. The van der Waals surface area contributed by atoms with Gasteiger partial charge in [-0.25, -0.2) is 0 Å². The lowest BCUT2D eigenvalue weighted by Gasteiger charge is -2.29. The van der Waals surface area contributed by atoms with E-state index >= 15 is 0 Å². The van der Waals surface area contributed by atoms with Crippen LogP contribution in [0.25, 0.3) is 0 Å². The fourth-order valence-electron chi connectivity index (χ4n) is 2.15. The molecule has 2 rings (SSSR count). The van der Waals surface area contributed by atoms with Crippen molar-refractivity contribution in [2.24, 2.45) is 5.92 Å². The van der Waals surface area contributed by atoms with E-state index in [1.165, 1.54) is 25.9 Å². The Morgan fingerprint density at radius 2 is 2.00 bits per heavy atom. The quantitative estimate of drug-likeness (QED) is 0.902. The first-order valence-electron chi connectivity index (χ1n) is 6.02. The number of piperidine rings is 1. The van der Waals surface area contributed by atoms with E-state index in [9.17, 15) is 0 Å². The fourth-order valence-corrected chi connectivity index (χ4v) is 2.63. The maximum absolute atomic E-state index is 6.12. The van der Waals surface area contributed by atoms with Crippen LogP contribution in [0.2, 0.25) is 10.0 Å². The second-order valence-electron chi connectivity index (χ2n) is 4.75. The number of hydrogen-bond donors (Lipinski definition) is 1. The van der Waals surface area contributed by atoms with Gasteiger partial charge in [-0.1, -0.05) is 23.2 Å². The molecule has 1 aliphatic heterocycles. The number of nitrogens with one attached hydrogen (secondary N) is 1. The highest BCUT2D eigenvalue weighted by molar-refractivity contribution is 6.36. The van der Waals surface area contributed by atoms with Gasteiger partial charge in [0.1, 0.15) is 0 Å². The molecule has 0 spiro atoms. The Labute approximate surface area is 113 Å². The topological polar surface area (TPSA) is 15.3 Å². The van der Waals surface area contributed by atoms with Crippen molar-refractivity contribution in [3.8, 4) is 0 Å². The molecule has 1 N–H and O–H groups in total. The van der Waals surface area contributed by atoms with Crippen LogP contribution in [-0.4, -0.2) is 31.6 Å². The van der Waals surface area contributed by atoms with Gasteiger partial charge in [0.05, 0.1) is 10.7 Å². The maximum Gasteiger partial charge on any atom is 0.0652 e. The highest BCUT2D eigenvalue weighted by Crippen LogP contribution is 2.26. The van der Waals surface area contributed by atoms with Gasteiger partial charge in [0.2, 0.25) is 0 Å². The zero-order valence-electron chi connectivity index (χ0n) is 10.0. The van der Waals surface area contributed by atoms with Crippen LogP contribution in [0.3, 0.4) is 0 Å². The molecule has 1 saturated heterocycles. The van der Waals surface area contributed by atoms with E-state index in [1.807, 2.05) is 12.1 Å². The molecule has 1 heterocycles. The van der Waals surface area contributed by atoms with E-state index in [2.05, 4.69) is 17.3 Å². The van der Waals surface area contributed by atoms with Crippen molar-refractivity contribution in [2.75, 3.05) is 32.0 Å². The van der Waals surface area contributed by atoms with Gasteiger partial charge in [-0.2, -0.15) is 0 Å². The molecule has 0 amide bonds. The van der Waals surface area contributed by atoms with Crippen LogP contribution in [0.4, 0.5) is 5.69 Å². The second kappa shape index (κ2) is 5.94. The van der Waals surface area contributed by atoms with E-state index in [-0.39, 0.29) is 0 Å². The van der Waals surface area contributed by atoms with Crippen molar-refractivity contribution >= 4 is 28.9 Å². The van der Waals surface area contributed by atoms with Crippen molar-refractivity contribution in [1.29, 1.82) is 0 Å². The average molecular weight is 273 g/mol. The monoisotopic (exact) mass is 272 g/mol. The Kier molecular flexibility index (Phi) is 4.55. The molecule has 0 atom stereocenters. The lowest BCUT2D eigenvalue weighted by atomic mass is 9.97. The molecule has 0 bridgehead atoms. The molecule has 1 fully saturated rings. The minimum absolute atomic E-state index is 0.680. The summed E-state index contributed by atoms with van der Waals surface area (Å²) in [4.78, 5) is 2.38. The smallest absolute Gasteiger partial charge is 0.0652 e. The Hall–Kier alpha value is -0.440. The van der Waals surface area contributed by atoms with Crippen LogP contribution in [0.15, 0.2) is 18.2 Å². The van der Waals surface area contributed by atoms with Crippen LogP contribution in [0, 0.1) is 5.92 Å². The molecule has 0 aromatic heterocycles. The Morgan fingerprint density at radius 3 is 2.65 bits per heavy atom. The maximum atomic E-state index is 6.12. The third-order valence-corrected chi connectivity index (χ3v) is 3.90. The van der Waals surface area contributed by atoms with E-state index in [1.54, 1.807) is 6.07 Å². The first-order chi connectivity index (χ1) is 8.15. The van der Waals surface area contributed by atoms with Gasteiger partial charge in [0.25, 0.3) is 0 Å². The van der Waals surface area contributed by atoms with Crippen LogP contribution < -0.4 is 5.32 Å². The lowest BCUT2D eigenvalue weighted by Crippen LogP contribution is -2.32. The predicted octanol–water partition coefficient (Wildman–Crippen LogP) is 3.75. The van der Waals surface area contributed by atoms with E-state index in [0.717, 1.165) is 18.2 Å². The van der Waals surface area contributed by atoms with Crippen LogP contribution in [0.5, 0.6) is 0 Å². The number of benzene rings is 1. The number of hydrogen-bond acceptors (Lipinski definition) is 2. The number of rotatable bonds is 3. The van der Waals surface area contributed by atoms with Gasteiger partial charge >= 0.3 is 0 Å². The summed E-state index contributed by atoms with van der Waals surface area (Å²) in [6.07, 6.45) is 2.52. The molecule has 17 heavy (non-hydrogen) atoms. The molecule has 1 aliphatic rings. The number of halogens is 2. The predicted molar refractivity (Wildman–Crippen MR) is 75.2 cm³/mol. The van der Waals surface area contributed by atoms with E-state index < -0.39 is 0 Å². The molecule has 4 heteroatoms. The van der Waals surface area contributed by atoms with Gasteiger partial charge in [-0.3, -0.25) is 0 Å². The molecular formula is C13H18Cl2N2. The van der Waals surface area contributed by atoms with E-state index in [4.69, 9.17) is 23.2 Å². The highest BCUT2D eigenvalue weighted by Gasteiger charge is 2.16.